The lowest BCUT2D eigenvalue weighted by molar-refractivity contribution is -0.116. The Morgan fingerprint density at radius 1 is 0.969 bits per heavy atom. The summed E-state index contributed by atoms with van der Waals surface area (Å²) in [5.41, 5.74) is -1.60. The topological polar surface area (TPSA) is 263 Å². The van der Waals surface area contributed by atoms with Crippen LogP contribution in [0.3, 0.4) is 0 Å². The molecule has 5 heterocycles. The summed E-state index contributed by atoms with van der Waals surface area (Å²) in [5.74, 6) is -9.38. The van der Waals surface area contributed by atoms with Gasteiger partial charge >= 0.3 is 11.9 Å². The number of carbonyl (C=O) groups excluding carboxylic acids is 6. The first kappa shape index (κ1) is 48.3. The summed E-state index contributed by atoms with van der Waals surface area (Å²) < 4.78 is 34.5. The van der Waals surface area contributed by atoms with Gasteiger partial charge in [0.15, 0.2) is 11.5 Å². The van der Waals surface area contributed by atoms with Gasteiger partial charge in [0, 0.05) is 74.9 Å². The van der Waals surface area contributed by atoms with E-state index >= 15 is 0 Å². The van der Waals surface area contributed by atoms with Gasteiger partial charge in [0.2, 0.25) is 11.6 Å². The van der Waals surface area contributed by atoms with Gasteiger partial charge in [-0.25, -0.2) is 4.79 Å². The van der Waals surface area contributed by atoms with Crippen molar-refractivity contribution in [1.29, 1.82) is 0 Å². The predicted molar refractivity (Wildman–Crippen MR) is 229 cm³/mol. The van der Waals surface area contributed by atoms with Gasteiger partial charge in [-0.3, -0.25) is 24.0 Å². The molecule has 0 saturated carbocycles. The standard InChI is InChI=1S/C46H56N4O15/c1-21-11-10-12-22(2)44(58)48-34-35(50-14-17-61-18-15-50)40(56)31-32(39(34)55)38(54)26(6)42-33(31)43(57)46(8,64-42)62-16-13-30(60-9)23(3)41(25(5)37(53)24(4)36(21)52)63-45(59)47-20-28-19-29(27(7)51)49-65-28/h10-13,16,19,21,23-25,30,36-37,41,52-54H,14-15,17-18,20H2,1-9H3,(H,47,59)(H,48,58)/b11-10+,16-13+,22-12-/t21-,23+,24+,25+,30-,36-,37+,41+,46-/m0/s1. The second kappa shape index (κ2) is 19.5. The van der Waals surface area contributed by atoms with Gasteiger partial charge < -0.3 is 59.1 Å². The van der Waals surface area contributed by atoms with Gasteiger partial charge in [-0.2, -0.15) is 0 Å². The smallest absolute Gasteiger partial charge is 0.407 e. The zero-order valence-corrected chi connectivity index (χ0v) is 37.8. The molecule has 1 aliphatic carbocycles. The third kappa shape index (κ3) is 9.50. The Kier molecular flexibility index (Phi) is 14.5. The lowest BCUT2D eigenvalue weighted by Crippen LogP contribution is -2.47. The second-order valence-corrected chi connectivity index (χ2v) is 17.0. The van der Waals surface area contributed by atoms with Crippen molar-refractivity contribution in [2.45, 2.75) is 92.1 Å². The monoisotopic (exact) mass is 904 g/mol. The van der Waals surface area contributed by atoms with Crippen molar-refractivity contribution in [3.05, 3.63) is 87.3 Å². The van der Waals surface area contributed by atoms with Crippen molar-refractivity contribution in [2.75, 3.05) is 33.4 Å². The number of aliphatic hydroxyl groups excluding tert-OH is 2. The van der Waals surface area contributed by atoms with E-state index in [1.807, 2.05) is 0 Å². The molecule has 19 heteroatoms. The van der Waals surface area contributed by atoms with Crippen LogP contribution in [-0.2, 0) is 30.3 Å². The molecule has 19 nitrogen and oxygen atoms in total. The molecule has 5 bridgehead atoms. The first-order valence-electron chi connectivity index (χ1n) is 21.3. The van der Waals surface area contributed by atoms with E-state index in [9.17, 15) is 44.1 Å². The molecular weight excluding hydrogens is 849 g/mol. The maximum Gasteiger partial charge on any atom is 0.407 e. The number of benzene rings is 1. The number of nitrogens with one attached hydrogen (secondary N) is 2. The van der Waals surface area contributed by atoms with E-state index in [-0.39, 0.29) is 83.9 Å². The summed E-state index contributed by atoms with van der Waals surface area (Å²) in [7, 11) is 1.39. The van der Waals surface area contributed by atoms with Crippen LogP contribution >= 0.6 is 0 Å². The Labute approximate surface area is 375 Å². The number of phenolic OH excluding ortho intramolecular Hbond substituents is 1. The van der Waals surface area contributed by atoms with E-state index in [2.05, 4.69) is 15.8 Å². The number of Topliss-reactive ketones (excluding diaryl/α,β-unsaturated/α-hetero) is 4. The molecule has 2 aromatic rings. The maximum atomic E-state index is 14.8. The number of amides is 2. The van der Waals surface area contributed by atoms with Crippen LogP contribution < -0.4 is 15.4 Å². The number of fused-ring (bicyclic) bond motifs is 14. The van der Waals surface area contributed by atoms with Crippen molar-refractivity contribution in [3.8, 4) is 11.5 Å². The van der Waals surface area contributed by atoms with Crippen LogP contribution in [0, 0.1) is 30.6 Å². The average Bonchev–Trinajstić information content (AvgIpc) is 3.87. The Balaban J connectivity index is 1.41. The molecule has 5 N–H and O–H groups in total. The number of morpholine rings is 1. The summed E-state index contributed by atoms with van der Waals surface area (Å²) in [5, 5.41) is 43.7. The summed E-state index contributed by atoms with van der Waals surface area (Å²) in [6.45, 7) is 12.8. The number of methoxy groups -OCH3 is 1. The van der Waals surface area contributed by atoms with Gasteiger partial charge in [-0.05, 0) is 19.9 Å². The zero-order valence-electron chi connectivity index (χ0n) is 37.8. The Bertz CT molecular complexity index is 2380. The van der Waals surface area contributed by atoms with E-state index in [1.54, 1.807) is 38.7 Å². The number of phenols is 1. The number of aromatic hydroxyl groups is 1. The molecule has 65 heavy (non-hydrogen) atoms. The third-order valence-corrected chi connectivity index (χ3v) is 12.5. The number of carbonyl (C=O) groups is 6. The molecule has 2 amide bonds. The highest BCUT2D eigenvalue weighted by molar-refractivity contribution is 6.32. The predicted octanol–water partition coefficient (Wildman–Crippen LogP) is 3.84. The van der Waals surface area contributed by atoms with Gasteiger partial charge in [0.25, 0.3) is 11.7 Å². The van der Waals surface area contributed by atoms with Crippen LogP contribution in [0.15, 0.2) is 58.1 Å². The number of hydrogen-bond donors (Lipinski definition) is 5. The molecule has 1 aromatic heterocycles. The second-order valence-electron chi connectivity index (χ2n) is 17.0. The average molecular weight is 905 g/mol. The number of rotatable bonds is 6. The van der Waals surface area contributed by atoms with E-state index < -0.39 is 100 Å². The summed E-state index contributed by atoms with van der Waals surface area (Å²) in [6, 6.07) is 1.38. The van der Waals surface area contributed by atoms with Gasteiger partial charge in [-0.15, -0.1) is 0 Å². The number of ether oxygens (including phenoxy) is 5. The molecule has 4 aliphatic heterocycles. The van der Waals surface area contributed by atoms with Gasteiger partial charge in [-0.1, -0.05) is 51.1 Å². The molecule has 0 unspecified atom stereocenters. The van der Waals surface area contributed by atoms with Gasteiger partial charge in [0.1, 0.15) is 34.7 Å². The third-order valence-electron chi connectivity index (χ3n) is 12.5. The fourth-order valence-electron chi connectivity index (χ4n) is 8.46. The van der Waals surface area contributed by atoms with Crippen LogP contribution in [0.2, 0.25) is 0 Å². The van der Waals surface area contributed by atoms with Crippen LogP contribution in [0.4, 0.5) is 4.79 Å². The minimum Gasteiger partial charge on any atom is -0.507 e. The summed E-state index contributed by atoms with van der Waals surface area (Å²) >= 11 is 0. The Morgan fingerprint density at radius 2 is 1.66 bits per heavy atom. The Morgan fingerprint density at radius 3 is 2.31 bits per heavy atom. The highest BCUT2D eigenvalue weighted by Gasteiger charge is 2.53. The van der Waals surface area contributed by atoms with E-state index in [1.165, 1.54) is 59.1 Å². The lowest BCUT2D eigenvalue weighted by Gasteiger charge is -2.38. The number of alkyl carbamates (subject to hydrolysis) is 1. The Hall–Kier alpha value is -6.15. The normalized spacial score (nSPS) is 30.8. The molecule has 1 aromatic carbocycles. The van der Waals surface area contributed by atoms with Crippen molar-refractivity contribution >= 4 is 35.1 Å². The molecule has 1 saturated heterocycles. The largest absolute Gasteiger partial charge is 0.507 e. The SMILES string of the molecule is CO[C@H]1/C=C/O[C@@]2(C)Oc3c(C)c(O)c4c(c3C2=O)C(=O)C(N2CCOCC2)=C(NC(=O)/C(C)=C\C=C\[C@H](C)[C@H](O)[C@@H](C)[C@@H](O)[C@@H](C)[C@H](OC(=O)NCc2cc(C(C)=O)no2)[C@@H]1C)C4=O. The molecule has 5 aliphatic rings. The molecule has 7 rings (SSSR count). The minimum absolute atomic E-state index is 0.0286. The zero-order chi connectivity index (χ0) is 47.7. The lowest BCUT2D eigenvalue weighted by atomic mass is 9.78. The van der Waals surface area contributed by atoms with E-state index in [4.69, 9.17) is 28.2 Å². The number of allylic oxidation sites excluding steroid dienone is 4. The molecular formula is C46H56N4O15. The fourth-order valence-corrected chi connectivity index (χ4v) is 8.46. The van der Waals surface area contributed by atoms with Crippen molar-refractivity contribution < 1.29 is 72.3 Å². The van der Waals surface area contributed by atoms with Crippen LogP contribution in [0.25, 0.3) is 0 Å². The van der Waals surface area contributed by atoms with Crippen LogP contribution in [0.1, 0.15) is 101 Å². The van der Waals surface area contributed by atoms with Crippen LogP contribution in [0.5, 0.6) is 11.5 Å². The van der Waals surface area contributed by atoms with Crippen molar-refractivity contribution in [3.63, 3.8) is 0 Å². The fraction of sp³-hybridized carbons (Fsp3) is 0.500. The molecule has 1 fully saturated rings. The van der Waals surface area contributed by atoms with Crippen molar-refractivity contribution in [2.24, 2.45) is 23.7 Å². The quantitative estimate of drug-likeness (QED) is 0.258. The highest BCUT2D eigenvalue weighted by atomic mass is 16.7. The van der Waals surface area contributed by atoms with Crippen LogP contribution in [-0.4, -0.2) is 124 Å². The highest BCUT2D eigenvalue weighted by Crippen LogP contribution is 2.49. The van der Waals surface area contributed by atoms with Crippen molar-refractivity contribution in [1.82, 2.24) is 20.7 Å². The molecule has 0 radical (unpaired) electrons. The maximum absolute atomic E-state index is 14.8. The first-order chi connectivity index (χ1) is 30.7. The van der Waals surface area contributed by atoms with E-state index in [0.717, 1.165) is 6.26 Å². The number of hydrogen-bond acceptors (Lipinski definition) is 17. The number of nitrogens with zero attached hydrogens (tertiary/aromatic N) is 2. The molecule has 0 spiro atoms. The number of aliphatic hydroxyl groups is 2. The molecule has 9 atom stereocenters. The first-order valence-corrected chi connectivity index (χ1v) is 21.3. The minimum atomic E-state index is -2.14. The number of aromatic nitrogens is 1. The van der Waals surface area contributed by atoms with Gasteiger partial charge in [0.05, 0.1) is 61.0 Å². The summed E-state index contributed by atoms with van der Waals surface area (Å²) in [6.07, 6.45) is 1.83. The summed E-state index contributed by atoms with van der Waals surface area (Å²) in [4.78, 5) is 84.2. The molecule has 350 valence electrons. The number of ketones is 4. The van der Waals surface area contributed by atoms with E-state index in [0.29, 0.717) is 0 Å².